The Morgan fingerprint density at radius 3 is 2.54 bits per heavy atom. The Bertz CT molecular complexity index is 831. The number of benzene rings is 1. The van der Waals surface area contributed by atoms with Crippen molar-refractivity contribution in [3.05, 3.63) is 82.8 Å². The van der Waals surface area contributed by atoms with E-state index < -0.39 is 0 Å². The third kappa shape index (κ3) is 3.40. The molecule has 1 aromatic carbocycles. The van der Waals surface area contributed by atoms with Crippen molar-refractivity contribution in [1.29, 1.82) is 0 Å². The van der Waals surface area contributed by atoms with E-state index in [0.29, 0.717) is 0 Å². The van der Waals surface area contributed by atoms with Crippen molar-refractivity contribution >= 4 is 5.91 Å². The van der Waals surface area contributed by atoms with Gasteiger partial charge in [-0.3, -0.25) is 14.3 Å². The van der Waals surface area contributed by atoms with Crippen LogP contribution in [0.5, 0.6) is 0 Å². The highest BCUT2D eigenvalue weighted by atomic mass is 16.2. The van der Waals surface area contributed by atoms with E-state index in [1.165, 1.54) is 10.9 Å². The Labute approximate surface area is 138 Å². The standard InChI is InChI=1S/C17H17N5O2/c1-21-12-19-22(17(21)24)11-15(23)20-16(13-6-3-2-4-7-13)14-8-5-9-18-10-14/h2-10,12,16H,11H2,1H3,(H,20,23). The number of aryl methyl sites for hydroxylation is 1. The fraction of sp³-hybridized carbons (Fsp3) is 0.176. The number of nitrogens with one attached hydrogen (secondary N) is 1. The molecule has 7 heteroatoms. The zero-order valence-electron chi connectivity index (χ0n) is 13.2. The van der Waals surface area contributed by atoms with Crippen molar-refractivity contribution in [3.8, 4) is 0 Å². The van der Waals surface area contributed by atoms with Gasteiger partial charge in [0.2, 0.25) is 5.91 Å². The first-order valence-corrected chi connectivity index (χ1v) is 7.48. The largest absolute Gasteiger partial charge is 0.345 e. The van der Waals surface area contributed by atoms with Crippen LogP contribution in [0.25, 0.3) is 0 Å². The second-order valence-corrected chi connectivity index (χ2v) is 5.38. The highest BCUT2D eigenvalue weighted by molar-refractivity contribution is 5.76. The van der Waals surface area contributed by atoms with Crippen LogP contribution in [0.15, 0.2) is 66.0 Å². The Morgan fingerprint density at radius 2 is 1.92 bits per heavy atom. The third-order valence-electron chi connectivity index (χ3n) is 3.64. The summed E-state index contributed by atoms with van der Waals surface area (Å²) in [6, 6.07) is 13.0. The molecule has 1 amide bonds. The lowest BCUT2D eigenvalue weighted by molar-refractivity contribution is -0.122. The van der Waals surface area contributed by atoms with Gasteiger partial charge in [-0.05, 0) is 17.2 Å². The van der Waals surface area contributed by atoms with Crippen LogP contribution in [-0.2, 0) is 18.4 Å². The maximum absolute atomic E-state index is 12.4. The van der Waals surface area contributed by atoms with Gasteiger partial charge in [0.15, 0.2) is 0 Å². The van der Waals surface area contributed by atoms with Crippen LogP contribution in [0.1, 0.15) is 17.2 Å². The van der Waals surface area contributed by atoms with Gasteiger partial charge in [0.05, 0.1) is 6.04 Å². The molecule has 0 saturated carbocycles. The summed E-state index contributed by atoms with van der Waals surface area (Å²) in [6.45, 7) is -0.136. The molecule has 122 valence electrons. The molecule has 0 aliphatic heterocycles. The number of amides is 1. The van der Waals surface area contributed by atoms with Crippen molar-refractivity contribution in [1.82, 2.24) is 24.6 Å². The minimum Gasteiger partial charge on any atom is -0.344 e. The molecule has 0 radical (unpaired) electrons. The molecule has 0 spiro atoms. The lowest BCUT2D eigenvalue weighted by Crippen LogP contribution is -2.35. The van der Waals surface area contributed by atoms with E-state index in [2.05, 4.69) is 15.4 Å². The van der Waals surface area contributed by atoms with Crippen LogP contribution in [0.2, 0.25) is 0 Å². The maximum atomic E-state index is 12.4. The Balaban J connectivity index is 1.83. The molecule has 1 N–H and O–H groups in total. The first-order valence-electron chi connectivity index (χ1n) is 7.48. The van der Waals surface area contributed by atoms with Gasteiger partial charge in [-0.1, -0.05) is 36.4 Å². The second kappa shape index (κ2) is 6.91. The van der Waals surface area contributed by atoms with E-state index in [1.807, 2.05) is 42.5 Å². The van der Waals surface area contributed by atoms with Crippen molar-refractivity contribution < 1.29 is 4.79 Å². The number of nitrogens with zero attached hydrogens (tertiary/aromatic N) is 4. The number of carbonyl (C=O) groups excluding carboxylic acids is 1. The molecule has 2 aromatic heterocycles. The SMILES string of the molecule is Cn1cnn(CC(=O)NC(c2ccccc2)c2cccnc2)c1=O. The molecule has 3 aromatic rings. The van der Waals surface area contributed by atoms with Crippen molar-refractivity contribution in [3.63, 3.8) is 0 Å². The fourth-order valence-electron chi connectivity index (χ4n) is 2.42. The molecule has 0 saturated heterocycles. The number of aromatic nitrogens is 4. The Kier molecular flexibility index (Phi) is 4.51. The Morgan fingerprint density at radius 1 is 1.17 bits per heavy atom. The molecule has 1 atom stereocenters. The van der Waals surface area contributed by atoms with E-state index in [4.69, 9.17) is 0 Å². The van der Waals surface area contributed by atoms with Crippen molar-refractivity contribution in [2.45, 2.75) is 12.6 Å². The van der Waals surface area contributed by atoms with Gasteiger partial charge in [0.25, 0.3) is 0 Å². The van der Waals surface area contributed by atoms with Gasteiger partial charge in [-0.15, -0.1) is 0 Å². The lowest BCUT2D eigenvalue weighted by atomic mass is 10.0. The normalized spacial score (nSPS) is 11.9. The fourth-order valence-corrected chi connectivity index (χ4v) is 2.42. The quantitative estimate of drug-likeness (QED) is 0.756. The second-order valence-electron chi connectivity index (χ2n) is 5.38. The summed E-state index contributed by atoms with van der Waals surface area (Å²) in [5.41, 5.74) is 1.47. The predicted octanol–water partition coefficient (Wildman–Crippen LogP) is 0.883. The Hall–Kier alpha value is -3.22. The summed E-state index contributed by atoms with van der Waals surface area (Å²) < 4.78 is 2.45. The number of hydrogen-bond acceptors (Lipinski definition) is 4. The summed E-state index contributed by atoms with van der Waals surface area (Å²) in [5, 5.41) is 6.85. The summed E-state index contributed by atoms with van der Waals surface area (Å²) in [6.07, 6.45) is 4.77. The zero-order chi connectivity index (χ0) is 16.9. The van der Waals surface area contributed by atoms with E-state index in [9.17, 15) is 9.59 Å². The maximum Gasteiger partial charge on any atom is 0.345 e. The molecule has 0 aliphatic carbocycles. The average Bonchev–Trinajstić information content (AvgIpc) is 2.93. The predicted molar refractivity (Wildman–Crippen MR) is 88.1 cm³/mol. The molecule has 3 rings (SSSR count). The van der Waals surface area contributed by atoms with Crippen LogP contribution in [0.4, 0.5) is 0 Å². The van der Waals surface area contributed by atoms with Crippen LogP contribution in [0, 0.1) is 0 Å². The molecule has 0 bridgehead atoms. The zero-order valence-corrected chi connectivity index (χ0v) is 13.2. The molecule has 0 aliphatic rings. The summed E-state index contributed by atoms with van der Waals surface area (Å²) in [4.78, 5) is 28.3. The van der Waals surface area contributed by atoms with Gasteiger partial charge in [0, 0.05) is 19.4 Å². The average molecular weight is 323 g/mol. The summed E-state index contributed by atoms with van der Waals surface area (Å²) in [7, 11) is 1.59. The molecular formula is C17H17N5O2. The van der Waals surface area contributed by atoms with Crippen LogP contribution in [0.3, 0.4) is 0 Å². The topological polar surface area (TPSA) is 81.8 Å². The lowest BCUT2D eigenvalue weighted by Gasteiger charge is -2.19. The van der Waals surface area contributed by atoms with Gasteiger partial charge in [-0.2, -0.15) is 5.10 Å². The molecule has 2 heterocycles. The first-order chi connectivity index (χ1) is 11.6. The van der Waals surface area contributed by atoms with Gasteiger partial charge < -0.3 is 5.32 Å². The van der Waals surface area contributed by atoms with E-state index in [-0.39, 0.29) is 24.2 Å². The van der Waals surface area contributed by atoms with Crippen LogP contribution >= 0.6 is 0 Å². The number of rotatable bonds is 5. The molecule has 0 fully saturated rings. The number of carbonyl (C=O) groups is 1. The van der Waals surface area contributed by atoms with E-state index in [0.717, 1.165) is 15.8 Å². The highest BCUT2D eigenvalue weighted by Gasteiger charge is 2.18. The summed E-state index contributed by atoms with van der Waals surface area (Å²) >= 11 is 0. The third-order valence-corrected chi connectivity index (χ3v) is 3.64. The molecule has 1 unspecified atom stereocenters. The van der Waals surface area contributed by atoms with Gasteiger partial charge in [0.1, 0.15) is 12.9 Å². The number of pyridine rings is 1. The minimum atomic E-state index is -0.341. The van der Waals surface area contributed by atoms with Crippen molar-refractivity contribution in [2.24, 2.45) is 7.05 Å². The monoisotopic (exact) mass is 323 g/mol. The van der Waals surface area contributed by atoms with Gasteiger partial charge >= 0.3 is 5.69 Å². The smallest absolute Gasteiger partial charge is 0.344 e. The van der Waals surface area contributed by atoms with Crippen LogP contribution < -0.4 is 11.0 Å². The molecule has 24 heavy (non-hydrogen) atoms. The van der Waals surface area contributed by atoms with Crippen molar-refractivity contribution in [2.75, 3.05) is 0 Å². The molecule has 7 nitrogen and oxygen atoms in total. The van der Waals surface area contributed by atoms with Gasteiger partial charge in [-0.25, -0.2) is 9.48 Å². The summed E-state index contributed by atoms with van der Waals surface area (Å²) in [5.74, 6) is -0.298. The number of hydrogen-bond donors (Lipinski definition) is 1. The van der Waals surface area contributed by atoms with E-state index in [1.54, 1.807) is 19.4 Å². The highest BCUT2D eigenvalue weighted by Crippen LogP contribution is 2.20. The first kappa shape index (κ1) is 15.7. The van der Waals surface area contributed by atoms with E-state index >= 15 is 0 Å². The minimum absolute atomic E-state index is 0.136. The molecular weight excluding hydrogens is 306 g/mol. The van der Waals surface area contributed by atoms with Crippen LogP contribution in [-0.4, -0.2) is 25.2 Å².